The smallest absolute Gasteiger partial charge is 0.232 e. The molecular weight excluding hydrogens is 477 g/mol. The molecule has 2 aromatic heterocycles. The van der Waals surface area contributed by atoms with E-state index >= 15 is 0 Å². The summed E-state index contributed by atoms with van der Waals surface area (Å²) in [4.78, 5) is 18.3. The maximum absolute atomic E-state index is 13.5. The molecule has 0 aliphatic heterocycles. The van der Waals surface area contributed by atoms with Crippen LogP contribution in [0.1, 0.15) is 0 Å². The minimum atomic E-state index is -0.339. The zero-order chi connectivity index (χ0) is 23.9. The van der Waals surface area contributed by atoms with Gasteiger partial charge in [-0.2, -0.15) is 0 Å². The number of ether oxygens (including phenoxy) is 1. The average molecular weight is 498 g/mol. The molecule has 0 bridgehead atoms. The van der Waals surface area contributed by atoms with Gasteiger partial charge in [0, 0.05) is 35.7 Å². The number of carbonyl (C=O) groups excluding carboxylic acids is 1. The summed E-state index contributed by atoms with van der Waals surface area (Å²) >= 11 is 7.14. The Morgan fingerprint density at radius 1 is 1.06 bits per heavy atom. The normalized spacial score (nSPS) is 10.8. The first-order chi connectivity index (χ1) is 16.5. The van der Waals surface area contributed by atoms with Crippen LogP contribution in [0.4, 0.5) is 4.39 Å². The summed E-state index contributed by atoms with van der Waals surface area (Å²) < 4.78 is 21.0. The van der Waals surface area contributed by atoms with E-state index in [0.717, 1.165) is 5.56 Å². The molecule has 34 heavy (non-hydrogen) atoms. The highest BCUT2D eigenvalue weighted by Gasteiger charge is 2.18. The van der Waals surface area contributed by atoms with Gasteiger partial charge in [0.15, 0.2) is 11.0 Å². The summed E-state index contributed by atoms with van der Waals surface area (Å²) in [6.45, 7) is 0.779. The predicted octanol–water partition coefficient (Wildman–Crippen LogP) is 4.75. The fourth-order valence-corrected chi connectivity index (χ4v) is 4.09. The van der Waals surface area contributed by atoms with E-state index in [9.17, 15) is 9.18 Å². The summed E-state index contributed by atoms with van der Waals surface area (Å²) in [7, 11) is 1.72. The van der Waals surface area contributed by atoms with E-state index in [0.29, 0.717) is 40.6 Å². The highest BCUT2D eigenvalue weighted by molar-refractivity contribution is 7.99. The first-order valence-corrected chi connectivity index (χ1v) is 11.7. The quantitative estimate of drug-likeness (QED) is 0.311. The molecule has 0 saturated heterocycles. The van der Waals surface area contributed by atoms with Gasteiger partial charge < -0.3 is 9.64 Å². The molecule has 2 heterocycles. The maximum atomic E-state index is 13.5. The number of thioether (sulfide) groups is 1. The largest absolute Gasteiger partial charge is 0.492 e. The lowest BCUT2D eigenvalue weighted by molar-refractivity contribution is -0.127. The lowest BCUT2D eigenvalue weighted by Gasteiger charge is -2.17. The third kappa shape index (κ3) is 5.92. The van der Waals surface area contributed by atoms with Crippen molar-refractivity contribution in [1.29, 1.82) is 0 Å². The zero-order valence-corrected chi connectivity index (χ0v) is 19.8. The van der Waals surface area contributed by atoms with Gasteiger partial charge in [0.05, 0.1) is 12.3 Å². The first kappa shape index (κ1) is 23.7. The minimum Gasteiger partial charge on any atom is -0.492 e. The number of nitrogens with zero attached hydrogens (tertiary/aromatic N) is 5. The Labute approximate surface area is 205 Å². The van der Waals surface area contributed by atoms with Crippen molar-refractivity contribution in [3.05, 3.63) is 83.9 Å². The van der Waals surface area contributed by atoms with Crippen LogP contribution in [0, 0.1) is 5.82 Å². The zero-order valence-electron chi connectivity index (χ0n) is 18.3. The summed E-state index contributed by atoms with van der Waals surface area (Å²) in [5.74, 6) is 1.01. The summed E-state index contributed by atoms with van der Waals surface area (Å²) in [5.41, 5.74) is 1.50. The third-order valence-corrected chi connectivity index (χ3v) is 6.08. The molecule has 0 spiro atoms. The second-order valence-corrected chi connectivity index (χ2v) is 8.64. The van der Waals surface area contributed by atoms with Crippen molar-refractivity contribution in [2.45, 2.75) is 5.16 Å². The summed E-state index contributed by atoms with van der Waals surface area (Å²) in [6.07, 6.45) is 3.33. The monoisotopic (exact) mass is 497 g/mol. The number of pyridine rings is 1. The molecular formula is C24H21ClFN5O2S. The van der Waals surface area contributed by atoms with Crippen LogP contribution in [-0.4, -0.2) is 56.5 Å². The van der Waals surface area contributed by atoms with Crippen LogP contribution in [0.2, 0.25) is 5.02 Å². The Bertz CT molecular complexity index is 1240. The number of hydrogen-bond donors (Lipinski definition) is 0. The van der Waals surface area contributed by atoms with Crippen molar-refractivity contribution in [2.24, 2.45) is 0 Å². The van der Waals surface area contributed by atoms with Gasteiger partial charge in [-0.1, -0.05) is 23.4 Å². The molecule has 174 valence electrons. The average Bonchev–Trinajstić information content (AvgIpc) is 3.28. The predicted molar refractivity (Wildman–Crippen MR) is 130 cm³/mol. The summed E-state index contributed by atoms with van der Waals surface area (Å²) in [5, 5.41) is 9.76. The highest BCUT2D eigenvalue weighted by atomic mass is 35.5. The van der Waals surface area contributed by atoms with Crippen molar-refractivity contribution < 1.29 is 13.9 Å². The van der Waals surface area contributed by atoms with Crippen LogP contribution in [-0.2, 0) is 4.79 Å². The Hall–Kier alpha value is -3.43. The Morgan fingerprint density at radius 3 is 2.47 bits per heavy atom. The van der Waals surface area contributed by atoms with E-state index in [1.54, 1.807) is 65.3 Å². The lowest BCUT2D eigenvalue weighted by atomic mass is 10.2. The second kappa shape index (κ2) is 11.1. The Morgan fingerprint density at radius 2 is 1.76 bits per heavy atom. The van der Waals surface area contributed by atoms with Gasteiger partial charge >= 0.3 is 0 Å². The molecule has 4 aromatic rings. The molecule has 0 atom stereocenters. The van der Waals surface area contributed by atoms with Gasteiger partial charge in [-0.05, 0) is 60.7 Å². The number of amides is 1. The molecule has 0 aliphatic rings. The minimum absolute atomic E-state index is 0.0798. The molecule has 0 fully saturated rings. The van der Waals surface area contributed by atoms with Crippen molar-refractivity contribution in [3.8, 4) is 22.8 Å². The van der Waals surface area contributed by atoms with Crippen molar-refractivity contribution in [3.63, 3.8) is 0 Å². The van der Waals surface area contributed by atoms with Crippen LogP contribution in [0.25, 0.3) is 17.1 Å². The molecule has 0 saturated carbocycles. The van der Waals surface area contributed by atoms with Crippen molar-refractivity contribution in [1.82, 2.24) is 24.6 Å². The number of halogens is 2. The standard InChI is InChI=1S/C24H21ClFN5O2S/c1-30(14-15-33-21-8-2-18(25)3-9-21)22(32)16-34-24-29-28-23(17-10-12-27-13-11-17)31(24)20-6-4-19(26)5-7-20/h2-13H,14-16H2,1H3. The van der Waals surface area contributed by atoms with Crippen LogP contribution in [0.15, 0.2) is 78.2 Å². The van der Waals surface area contributed by atoms with Crippen LogP contribution in [0.3, 0.4) is 0 Å². The van der Waals surface area contributed by atoms with Crippen molar-refractivity contribution >= 4 is 29.3 Å². The molecule has 10 heteroatoms. The number of benzene rings is 2. The molecule has 0 unspecified atom stereocenters. The van der Waals surface area contributed by atoms with Gasteiger partial charge in [-0.15, -0.1) is 10.2 Å². The Kier molecular flexibility index (Phi) is 7.76. The Balaban J connectivity index is 1.42. The highest BCUT2D eigenvalue weighted by Crippen LogP contribution is 2.28. The van der Waals surface area contributed by atoms with E-state index in [-0.39, 0.29) is 17.5 Å². The number of rotatable bonds is 9. The van der Waals surface area contributed by atoms with Crippen LogP contribution < -0.4 is 4.74 Å². The van der Waals surface area contributed by atoms with Crippen molar-refractivity contribution in [2.75, 3.05) is 26.0 Å². The molecule has 2 aromatic carbocycles. The van der Waals surface area contributed by atoms with Gasteiger partial charge in [-0.25, -0.2) is 4.39 Å². The number of likely N-dealkylation sites (N-methyl/N-ethyl adjacent to an activating group) is 1. The summed E-state index contributed by atoms with van der Waals surface area (Å²) in [6, 6.07) is 16.7. The van der Waals surface area contributed by atoms with Crippen LogP contribution >= 0.6 is 23.4 Å². The third-order valence-electron chi connectivity index (χ3n) is 4.92. The molecule has 4 rings (SSSR count). The van der Waals surface area contributed by atoms with Gasteiger partial charge in [-0.3, -0.25) is 14.3 Å². The lowest BCUT2D eigenvalue weighted by Crippen LogP contribution is -2.32. The van der Waals surface area contributed by atoms with E-state index in [4.69, 9.17) is 16.3 Å². The first-order valence-electron chi connectivity index (χ1n) is 10.4. The van der Waals surface area contributed by atoms with E-state index in [1.165, 1.54) is 23.9 Å². The van der Waals surface area contributed by atoms with E-state index in [2.05, 4.69) is 15.2 Å². The van der Waals surface area contributed by atoms with E-state index in [1.807, 2.05) is 12.1 Å². The maximum Gasteiger partial charge on any atom is 0.232 e. The molecule has 0 radical (unpaired) electrons. The number of hydrogen-bond acceptors (Lipinski definition) is 6. The topological polar surface area (TPSA) is 73.1 Å². The van der Waals surface area contributed by atoms with Crippen LogP contribution in [0.5, 0.6) is 5.75 Å². The fourth-order valence-electron chi connectivity index (χ4n) is 3.07. The van der Waals surface area contributed by atoms with Gasteiger partial charge in [0.1, 0.15) is 18.2 Å². The SMILES string of the molecule is CN(CCOc1ccc(Cl)cc1)C(=O)CSc1nnc(-c2ccncc2)n1-c1ccc(F)cc1. The fraction of sp³-hybridized carbons (Fsp3) is 0.167. The molecule has 0 N–H and O–H groups in total. The number of carbonyl (C=O) groups is 1. The second-order valence-electron chi connectivity index (χ2n) is 7.26. The van der Waals surface area contributed by atoms with Gasteiger partial charge in [0.25, 0.3) is 0 Å². The molecule has 0 aliphatic carbocycles. The van der Waals surface area contributed by atoms with Gasteiger partial charge in [0.2, 0.25) is 5.91 Å². The molecule has 1 amide bonds. The molecule has 7 nitrogen and oxygen atoms in total. The van der Waals surface area contributed by atoms with E-state index < -0.39 is 0 Å². The number of aromatic nitrogens is 4.